The van der Waals surface area contributed by atoms with E-state index in [0.29, 0.717) is 0 Å². The van der Waals surface area contributed by atoms with Crippen LogP contribution in [0.2, 0.25) is 0 Å². The Morgan fingerprint density at radius 2 is 1.61 bits per heavy atom. The Bertz CT molecular complexity index is 640. The summed E-state index contributed by atoms with van der Waals surface area (Å²) in [4.78, 5) is 0. The van der Waals surface area contributed by atoms with Crippen LogP contribution >= 0.6 is 0 Å². The Hall–Kier alpha value is -0.656. The van der Waals surface area contributed by atoms with E-state index in [1.54, 1.807) is 0 Å². The van der Waals surface area contributed by atoms with Crippen molar-refractivity contribution in [1.29, 1.82) is 0 Å². The molecular weight excluding hydrogens is 359 g/mol. The number of hydrogen-bond acceptors (Lipinski definition) is 0. The van der Waals surface area contributed by atoms with Crippen LogP contribution in [0, 0.1) is 27.7 Å². The molecule has 0 fully saturated rings. The van der Waals surface area contributed by atoms with E-state index in [1.165, 1.54) is 33.0 Å². The minimum Gasteiger partial charge on any atom is -1.00 e. The quantitative estimate of drug-likeness (QED) is 0.365. The maximum atomic E-state index is 2.24. The normalized spacial score (nSPS) is 8.65. The molecule has 0 aromatic heterocycles. The van der Waals surface area contributed by atoms with Crippen molar-refractivity contribution < 1.29 is 44.8 Å². The molecule has 0 spiro atoms. The molecule has 0 N–H and O–H groups in total. The minimum atomic E-state index is 0. The average molecular weight is 383 g/mol. The molecule has 0 bridgehead atoms. The van der Waals surface area contributed by atoms with Crippen LogP contribution in [0.15, 0.2) is 48.5 Å². The minimum absolute atomic E-state index is 0. The first-order chi connectivity index (χ1) is 10.0. The fourth-order valence-corrected chi connectivity index (χ4v) is 2.20. The van der Waals surface area contributed by atoms with Crippen LogP contribution < -0.4 is 24.8 Å². The summed E-state index contributed by atoms with van der Waals surface area (Å²) < 4.78 is 2.00. The smallest absolute Gasteiger partial charge is 0.0630 e. The van der Waals surface area contributed by atoms with Gasteiger partial charge >= 0.3 is 31.2 Å². The van der Waals surface area contributed by atoms with Gasteiger partial charge in [-0.05, 0) is 0 Å². The van der Waals surface area contributed by atoms with Crippen LogP contribution in [0.3, 0.4) is 0 Å². The molecule has 0 saturated heterocycles. The van der Waals surface area contributed by atoms with Gasteiger partial charge in [-0.15, -0.1) is 29.7 Å². The molecule has 0 aliphatic heterocycles. The first kappa shape index (κ1) is 24.6. The van der Waals surface area contributed by atoms with E-state index >= 15 is 0 Å². The van der Waals surface area contributed by atoms with E-state index in [1.807, 2.05) is 31.2 Å². The molecule has 0 radical (unpaired) electrons. The number of fused-ring (bicyclic) bond motifs is 1. The van der Waals surface area contributed by atoms with Gasteiger partial charge in [-0.2, -0.15) is 45.8 Å². The Balaban J connectivity index is 0. The predicted molar refractivity (Wildman–Crippen MR) is 92.3 cm³/mol. The molecule has 3 rings (SSSR count). The van der Waals surface area contributed by atoms with Gasteiger partial charge in [0, 0.05) is 0 Å². The number of rotatable bonds is 0. The van der Waals surface area contributed by atoms with Crippen molar-refractivity contribution in [2.75, 3.05) is 0 Å². The molecule has 0 nitrogen and oxygen atoms in total. The molecule has 0 aliphatic carbocycles. The van der Waals surface area contributed by atoms with Crippen LogP contribution in [0.4, 0.5) is 0 Å². The second-order valence-corrected chi connectivity index (χ2v) is 6.11. The Labute approximate surface area is 164 Å². The van der Waals surface area contributed by atoms with E-state index in [2.05, 4.69) is 76.2 Å². The standard InChI is InChI=1S/C9H7.C9H13.C2H4.2ClH.Ti/c1-2-5-9-7-3-6-8(9)4-1;1-6-5-7(2)9(4)8(6)3;1-2;;;/h1-7H;5H,1-4H3;1H,2H3;2*1H;/q2*-1;;;;+2/p-2. The molecule has 124 valence electrons. The predicted octanol–water partition coefficient (Wildman–Crippen LogP) is -0.439. The van der Waals surface area contributed by atoms with Gasteiger partial charge in [0.2, 0.25) is 0 Å². The zero-order valence-electron chi connectivity index (χ0n) is 14.5. The van der Waals surface area contributed by atoms with Gasteiger partial charge in [0.15, 0.2) is 0 Å². The number of hydrogen-bond donors (Lipinski definition) is 0. The Morgan fingerprint density at radius 1 is 1.04 bits per heavy atom. The first-order valence-corrected chi connectivity index (χ1v) is 8.17. The second-order valence-electron chi connectivity index (χ2n) is 5.20. The molecule has 0 aliphatic rings. The second kappa shape index (κ2) is 12.7. The fourth-order valence-electron chi connectivity index (χ4n) is 2.20. The topological polar surface area (TPSA) is 0 Å². The molecule has 0 heterocycles. The maximum absolute atomic E-state index is 2.24. The van der Waals surface area contributed by atoms with Crippen molar-refractivity contribution in [2.45, 2.75) is 34.6 Å². The summed E-state index contributed by atoms with van der Waals surface area (Å²) in [5.41, 5.74) is 5.75. The molecule has 3 aromatic carbocycles. The van der Waals surface area contributed by atoms with Crippen molar-refractivity contribution in [2.24, 2.45) is 0 Å². The van der Waals surface area contributed by atoms with Gasteiger partial charge in [-0.25, -0.2) is 0 Å². The van der Waals surface area contributed by atoms with Crippen LogP contribution in [0.25, 0.3) is 10.8 Å². The van der Waals surface area contributed by atoms with E-state index in [-0.39, 0.29) is 24.8 Å². The summed E-state index contributed by atoms with van der Waals surface area (Å²) in [6.45, 7) is 10.7. The zero-order valence-corrected chi connectivity index (χ0v) is 17.5. The van der Waals surface area contributed by atoms with E-state index in [9.17, 15) is 0 Å². The number of halogens is 2. The van der Waals surface area contributed by atoms with Gasteiger partial charge < -0.3 is 24.8 Å². The van der Waals surface area contributed by atoms with Crippen molar-refractivity contribution >= 4 is 15.1 Å². The fraction of sp³-hybridized carbons (Fsp3) is 0.250. The van der Waals surface area contributed by atoms with Crippen molar-refractivity contribution in [3.63, 3.8) is 0 Å². The van der Waals surface area contributed by atoms with E-state index < -0.39 is 0 Å². The van der Waals surface area contributed by atoms with Crippen molar-refractivity contribution in [1.82, 2.24) is 0 Å². The first-order valence-electron chi connectivity index (χ1n) is 7.26. The largest absolute Gasteiger partial charge is 1.00 e. The maximum Gasteiger partial charge on any atom is -0.0630 e. The van der Waals surface area contributed by atoms with E-state index in [0.717, 1.165) is 0 Å². The molecule has 0 atom stereocenters. The Kier molecular flexibility index (Phi) is 13.6. The summed E-state index contributed by atoms with van der Waals surface area (Å²) in [5.74, 6) is 0. The SMILES string of the molecule is C[CH]=[Ti+2].Cc1c[c-](C)c(C)c1C.[Cl-].[Cl-].c1ccc2[cH-]ccc2c1. The third-order valence-electron chi connectivity index (χ3n) is 3.73. The summed E-state index contributed by atoms with van der Waals surface area (Å²) >= 11 is 2.00. The van der Waals surface area contributed by atoms with Gasteiger partial charge in [0.25, 0.3) is 0 Å². The Morgan fingerprint density at radius 3 is 2.00 bits per heavy atom. The van der Waals surface area contributed by atoms with E-state index in [4.69, 9.17) is 0 Å². The monoisotopic (exact) mass is 382 g/mol. The molecule has 0 amide bonds. The van der Waals surface area contributed by atoms with Crippen molar-refractivity contribution in [3.05, 3.63) is 70.8 Å². The van der Waals surface area contributed by atoms with Gasteiger partial charge in [0.05, 0.1) is 0 Å². The molecule has 3 heteroatoms. The zero-order chi connectivity index (χ0) is 15.8. The molecular formula is C20H24Cl2Ti-2. The summed E-state index contributed by atoms with van der Waals surface area (Å²) in [6, 6.07) is 16.9. The van der Waals surface area contributed by atoms with Crippen molar-refractivity contribution in [3.8, 4) is 0 Å². The third kappa shape index (κ3) is 7.63. The number of benzene rings is 1. The molecule has 0 unspecified atom stereocenters. The molecule has 3 aromatic rings. The summed E-state index contributed by atoms with van der Waals surface area (Å²) in [6.07, 6.45) is 0. The summed E-state index contributed by atoms with van der Waals surface area (Å²) in [5, 5.41) is 2.66. The van der Waals surface area contributed by atoms with Crippen LogP contribution in [-0.2, 0) is 20.0 Å². The summed E-state index contributed by atoms with van der Waals surface area (Å²) in [7, 11) is 0. The van der Waals surface area contributed by atoms with Crippen LogP contribution in [0.5, 0.6) is 0 Å². The third-order valence-corrected chi connectivity index (χ3v) is 3.73. The average Bonchev–Trinajstić information content (AvgIpc) is 3.02. The van der Waals surface area contributed by atoms with Gasteiger partial charge in [-0.3, -0.25) is 0 Å². The molecule has 0 saturated carbocycles. The number of aryl methyl sites for hydroxylation is 2. The molecule has 23 heavy (non-hydrogen) atoms. The van der Waals surface area contributed by atoms with Gasteiger partial charge in [0.1, 0.15) is 0 Å². The van der Waals surface area contributed by atoms with Crippen LogP contribution in [0.1, 0.15) is 29.2 Å². The van der Waals surface area contributed by atoms with Crippen LogP contribution in [-0.4, -0.2) is 4.31 Å². The van der Waals surface area contributed by atoms with Gasteiger partial charge in [-0.1, -0.05) is 33.8 Å².